The van der Waals surface area contributed by atoms with Gasteiger partial charge in [-0.15, -0.1) is 0 Å². The van der Waals surface area contributed by atoms with Gasteiger partial charge < -0.3 is 5.41 Å². The summed E-state index contributed by atoms with van der Waals surface area (Å²) in [5.74, 6) is -0.825. The maximum atomic E-state index is 13.3. The fourth-order valence-corrected chi connectivity index (χ4v) is 1.69. The van der Waals surface area contributed by atoms with Crippen LogP contribution in [0.3, 0.4) is 0 Å². The van der Waals surface area contributed by atoms with Crippen LogP contribution in [0.2, 0.25) is 0 Å². The summed E-state index contributed by atoms with van der Waals surface area (Å²) in [5, 5.41) is 8.28. The van der Waals surface area contributed by atoms with E-state index in [1.807, 2.05) is 0 Å². The van der Waals surface area contributed by atoms with Crippen molar-refractivity contribution in [1.82, 2.24) is 0 Å². The molecular weight excluding hydrogens is 230 g/mol. The highest BCUT2D eigenvalue weighted by molar-refractivity contribution is 7.80. The Morgan fingerprint density at radius 1 is 1.53 bits per heavy atom. The summed E-state index contributed by atoms with van der Waals surface area (Å²) in [7, 11) is 0. The number of halogens is 4. The zero-order chi connectivity index (χ0) is 11.6. The molecule has 1 rings (SSSR count). The second-order valence-corrected chi connectivity index (χ2v) is 3.59. The van der Waals surface area contributed by atoms with E-state index in [4.69, 9.17) is 5.41 Å². The molecule has 0 amide bonds. The van der Waals surface area contributed by atoms with E-state index in [0.717, 1.165) is 5.37 Å². The van der Waals surface area contributed by atoms with Gasteiger partial charge in [-0.1, -0.05) is 12.2 Å². The molecule has 1 nitrogen and oxygen atoms in total. The molecule has 2 unspecified atom stereocenters. The number of alkyl halides is 4. The molecule has 0 aromatic rings. The van der Waals surface area contributed by atoms with E-state index in [-0.39, 0.29) is 18.6 Å². The molecule has 0 saturated carbocycles. The Morgan fingerprint density at radius 3 is 2.53 bits per heavy atom. The van der Waals surface area contributed by atoms with Crippen LogP contribution in [0, 0.1) is 11.3 Å². The second kappa shape index (κ2) is 4.38. The first-order valence-electron chi connectivity index (χ1n) is 4.32. The van der Waals surface area contributed by atoms with Crippen molar-refractivity contribution < 1.29 is 17.6 Å². The zero-order valence-corrected chi connectivity index (χ0v) is 8.46. The van der Waals surface area contributed by atoms with Gasteiger partial charge in [0.2, 0.25) is 0 Å². The minimum atomic E-state index is -4.46. The topological polar surface area (TPSA) is 23.9 Å². The van der Waals surface area contributed by atoms with Gasteiger partial charge in [-0.25, -0.2) is 4.39 Å². The highest BCUT2D eigenvalue weighted by atomic mass is 32.1. The molecule has 0 fully saturated rings. The third kappa shape index (κ3) is 2.84. The fraction of sp³-hybridized carbons (Fsp3) is 0.556. The summed E-state index contributed by atoms with van der Waals surface area (Å²) in [6, 6.07) is 0. The van der Waals surface area contributed by atoms with Crippen molar-refractivity contribution in [2.24, 2.45) is 5.92 Å². The highest BCUT2D eigenvalue weighted by Gasteiger charge is 2.38. The van der Waals surface area contributed by atoms with Crippen LogP contribution in [0.15, 0.2) is 11.6 Å². The first-order valence-corrected chi connectivity index (χ1v) is 4.79. The minimum Gasteiger partial charge on any atom is -0.304 e. The van der Waals surface area contributed by atoms with E-state index in [1.54, 1.807) is 0 Å². The van der Waals surface area contributed by atoms with Crippen LogP contribution in [0.1, 0.15) is 12.8 Å². The third-order valence-corrected chi connectivity index (χ3v) is 2.61. The average molecular weight is 239 g/mol. The molecule has 0 aromatic carbocycles. The Morgan fingerprint density at radius 2 is 2.13 bits per heavy atom. The lowest BCUT2D eigenvalue weighted by molar-refractivity contribution is -0.0962. The SMILES string of the molecule is N=C(C=S)C1CCC(C(F)(F)F)=CC1F. The van der Waals surface area contributed by atoms with Gasteiger partial charge in [-0.05, 0) is 18.9 Å². The van der Waals surface area contributed by atoms with Crippen molar-refractivity contribution >= 4 is 23.3 Å². The van der Waals surface area contributed by atoms with E-state index >= 15 is 0 Å². The van der Waals surface area contributed by atoms with Gasteiger partial charge in [-0.3, -0.25) is 0 Å². The van der Waals surface area contributed by atoms with Crippen LogP contribution in [-0.4, -0.2) is 23.4 Å². The van der Waals surface area contributed by atoms with E-state index < -0.39 is 23.8 Å². The first-order chi connectivity index (χ1) is 6.86. The van der Waals surface area contributed by atoms with Crippen LogP contribution in [0.4, 0.5) is 17.6 Å². The standard InChI is InChI=1S/C9H9F4NS/c10-7-3-5(9(11,12)13)1-2-6(7)8(14)4-15/h3-4,6-7,14H,1-2H2. The van der Waals surface area contributed by atoms with Crippen LogP contribution >= 0.6 is 12.2 Å². The first kappa shape index (κ1) is 12.3. The third-order valence-electron chi connectivity index (χ3n) is 2.36. The van der Waals surface area contributed by atoms with Crippen LogP contribution in [0.25, 0.3) is 0 Å². The van der Waals surface area contributed by atoms with Gasteiger partial charge in [-0.2, -0.15) is 13.2 Å². The molecule has 0 bridgehead atoms. The van der Waals surface area contributed by atoms with E-state index in [9.17, 15) is 17.6 Å². The lowest BCUT2D eigenvalue weighted by atomic mass is 9.85. The van der Waals surface area contributed by atoms with Crippen molar-refractivity contribution in [2.45, 2.75) is 25.2 Å². The Labute approximate surface area is 89.7 Å². The quantitative estimate of drug-likeness (QED) is 0.340. The number of hydrogen-bond acceptors (Lipinski definition) is 2. The number of rotatable bonds is 2. The van der Waals surface area contributed by atoms with Gasteiger partial charge in [0.05, 0.1) is 0 Å². The summed E-state index contributed by atoms with van der Waals surface area (Å²) in [5.41, 5.74) is -0.960. The molecule has 15 heavy (non-hydrogen) atoms. The molecule has 6 heteroatoms. The van der Waals surface area contributed by atoms with Crippen molar-refractivity contribution in [1.29, 1.82) is 5.41 Å². The number of allylic oxidation sites excluding steroid dienone is 2. The number of hydrogen-bond donors (Lipinski definition) is 1. The molecule has 0 radical (unpaired) electrons. The minimum absolute atomic E-state index is 0.0154. The van der Waals surface area contributed by atoms with E-state index in [2.05, 4.69) is 12.2 Å². The molecule has 1 aliphatic carbocycles. The predicted octanol–water partition coefficient (Wildman–Crippen LogP) is 3.24. The van der Waals surface area contributed by atoms with Crippen molar-refractivity contribution in [2.75, 3.05) is 0 Å². The smallest absolute Gasteiger partial charge is 0.304 e. The molecule has 1 aliphatic rings. The Balaban J connectivity index is 2.82. The molecule has 1 N–H and O–H groups in total. The van der Waals surface area contributed by atoms with Crippen molar-refractivity contribution in [3.8, 4) is 0 Å². The molecule has 0 aromatic heterocycles. The summed E-state index contributed by atoms with van der Waals surface area (Å²) < 4.78 is 49.9. The lowest BCUT2D eigenvalue weighted by Crippen LogP contribution is -2.30. The highest BCUT2D eigenvalue weighted by Crippen LogP contribution is 2.36. The van der Waals surface area contributed by atoms with Gasteiger partial charge in [0.15, 0.2) is 0 Å². The molecule has 0 heterocycles. The molecule has 2 atom stereocenters. The molecule has 0 saturated heterocycles. The summed E-state index contributed by atoms with van der Waals surface area (Å²) >= 11 is 4.45. The van der Waals surface area contributed by atoms with Gasteiger partial charge in [0, 0.05) is 22.6 Å². The maximum absolute atomic E-state index is 13.3. The van der Waals surface area contributed by atoms with E-state index in [1.165, 1.54) is 0 Å². The summed E-state index contributed by atoms with van der Waals surface area (Å²) in [6.45, 7) is 0. The number of nitrogens with one attached hydrogen (secondary N) is 1. The molecule has 84 valence electrons. The predicted molar refractivity (Wildman–Crippen MR) is 53.1 cm³/mol. The molecule has 0 spiro atoms. The van der Waals surface area contributed by atoms with Crippen LogP contribution in [-0.2, 0) is 0 Å². The zero-order valence-electron chi connectivity index (χ0n) is 7.64. The van der Waals surface area contributed by atoms with Crippen molar-refractivity contribution in [3.63, 3.8) is 0 Å². The lowest BCUT2D eigenvalue weighted by Gasteiger charge is -2.25. The van der Waals surface area contributed by atoms with Gasteiger partial charge in [0.1, 0.15) is 6.17 Å². The van der Waals surface area contributed by atoms with Crippen LogP contribution < -0.4 is 0 Å². The van der Waals surface area contributed by atoms with Gasteiger partial charge in [0.25, 0.3) is 0 Å². The van der Waals surface area contributed by atoms with Crippen LogP contribution in [0.5, 0.6) is 0 Å². The summed E-state index contributed by atoms with van der Waals surface area (Å²) in [6.07, 6.45) is -5.93. The molecular formula is C9H9F4NS. The number of thiocarbonyl (C=S) groups is 1. The second-order valence-electron chi connectivity index (χ2n) is 3.35. The maximum Gasteiger partial charge on any atom is 0.412 e. The van der Waals surface area contributed by atoms with Gasteiger partial charge >= 0.3 is 6.18 Å². The Bertz CT molecular complexity index is 308. The molecule has 0 aliphatic heterocycles. The van der Waals surface area contributed by atoms with E-state index in [0.29, 0.717) is 6.08 Å². The Kier molecular flexibility index (Phi) is 3.59. The fourth-order valence-electron chi connectivity index (χ4n) is 1.51. The Hall–Kier alpha value is -0.780. The van der Waals surface area contributed by atoms with Crippen molar-refractivity contribution in [3.05, 3.63) is 11.6 Å². The average Bonchev–Trinajstić information content (AvgIpc) is 2.15. The monoisotopic (exact) mass is 239 g/mol. The summed E-state index contributed by atoms with van der Waals surface area (Å²) in [4.78, 5) is 0. The largest absolute Gasteiger partial charge is 0.412 e. The normalized spacial score (nSPS) is 27.1.